The number of nitrogens with two attached hydrogens (primary N) is 1. The fourth-order valence-electron chi connectivity index (χ4n) is 1.96. The molecular formula is C15H16ClFN2. The average Bonchev–Trinajstić information content (AvgIpc) is 2.36. The van der Waals surface area contributed by atoms with Gasteiger partial charge in [0.15, 0.2) is 0 Å². The molecule has 0 saturated heterocycles. The predicted molar refractivity (Wildman–Crippen MR) is 77.4 cm³/mol. The number of hydrogen-bond acceptors (Lipinski definition) is 2. The molecule has 2 rings (SSSR count). The van der Waals surface area contributed by atoms with Gasteiger partial charge < -0.3 is 5.73 Å². The lowest BCUT2D eigenvalue weighted by molar-refractivity contribution is 0.319. The Kier molecular flexibility index (Phi) is 4.40. The van der Waals surface area contributed by atoms with E-state index in [0.29, 0.717) is 12.2 Å². The van der Waals surface area contributed by atoms with E-state index < -0.39 is 0 Å². The van der Waals surface area contributed by atoms with Crippen LogP contribution in [0.4, 0.5) is 10.1 Å². The van der Waals surface area contributed by atoms with Crippen molar-refractivity contribution in [1.82, 2.24) is 4.90 Å². The zero-order valence-electron chi connectivity index (χ0n) is 10.7. The van der Waals surface area contributed by atoms with Crippen molar-refractivity contribution in [2.75, 3.05) is 12.8 Å². The number of hydrogen-bond donors (Lipinski definition) is 1. The van der Waals surface area contributed by atoms with Gasteiger partial charge in [-0.2, -0.15) is 0 Å². The summed E-state index contributed by atoms with van der Waals surface area (Å²) in [5.41, 5.74) is 8.39. The Morgan fingerprint density at radius 1 is 1.11 bits per heavy atom. The van der Waals surface area contributed by atoms with E-state index in [-0.39, 0.29) is 5.82 Å². The van der Waals surface area contributed by atoms with Crippen LogP contribution in [0.5, 0.6) is 0 Å². The van der Waals surface area contributed by atoms with Crippen molar-refractivity contribution in [3.8, 4) is 0 Å². The minimum Gasteiger partial charge on any atom is -0.398 e. The van der Waals surface area contributed by atoms with Crippen LogP contribution in [0.3, 0.4) is 0 Å². The molecule has 100 valence electrons. The third-order valence-electron chi connectivity index (χ3n) is 2.91. The maximum Gasteiger partial charge on any atom is 0.125 e. The molecule has 0 aliphatic rings. The summed E-state index contributed by atoms with van der Waals surface area (Å²) in [5.74, 6) is -0.304. The van der Waals surface area contributed by atoms with Crippen molar-refractivity contribution in [3.05, 3.63) is 64.4 Å². The van der Waals surface area contributed by atoms with Gasteiger partial charge in [-0.3, -0.25) is 4.90 Å². The van der Waals surface area contributed by atoms with E-state index in [2.05, 4.69) is 4.90 Å². The molecule has 2 aromatic carbocycles. The van der Waals surface area contributed by atoms with Gasteiger partial charge in [-0.25, -0.2) is 4.39 Å². The number of nitrogen functional groups attached to an aromatic ring is 1. The fourth-order valence-corrected chi connectivity index (χ4v) is 2.08. The molecule has 2 aromatic rings. The third kappa shape index (κ3) is 3.94. The van der Waals surface area contributed by atoms with E-state index in [4.69, 9.17) is 17.3 Å². The average molecular weight is 279 g/mol. The lowest BCUT2D eigenvalue weighted by Crippen LogP contribution is -2.18. The van der Waals surface area contributed by atoms with Crippen molar-refractivity contribution < 1.29 is 4.39 Å². The molecule has 0 unspecified atom stereocenters. The Bertz CT molecular complexity index is 555. The van der Waals surface area contributed by atoms with Crippen molar-refractivity contribution >= 4 is 17.3 Å². The molecule has 0 aromatic heterocycles. The molecule has 0 saturated carbocycles. The molecule has 2 N–H and O–H groups in total. The molecule has 0 radical (unpaired) electrons. The van der Waals surface area contributed by atoms with Gasteiger partial charge in [-0.15, -0.1) is 0 Å². The molecular weight excluding hydrogens is 263 g/mol. The highest BCUT2D eigenvalue weighted by molar-refractivity contribution is 6.30. The summed E-state index contributed by atoms with van der Waals surface area (Å²) in [6.45, 7) is 1.46. The van der Waals surface area contributed by atoms with Gasteiger partial charge in [-0.05, 0) is 42.4 Å². The maximum absolute atomic E-state index is 13.0. The lowest BCUT2D eigenvalue weighted by Gasteiger charge is -2.18. The molecule has 0 fully saturated rings. The van der Waals surface area contributed by atoms with Crippen LogP contribution in [-0.2, 0) is 13.1 Å². The minimum absolute atomic E-state index is 0.304. The monoisotopic (exact) mass is 278 g/mol. The molecule has 4 heteroatoms. The largest absolute Gasteiger partial charge is 0.398 e. The summed E-state index contributed by atoms with van der Waals surface area (Å²) in [7, 11) is 2.00. The van der Waals surface area contributed by atoms with Crippen molar-refractivity contribution in [2.24, 2.45) is 0 Å². The van der Waals surface area contributed by atoms with E-state index in [1.165, 1.54) is 17.7 Å². The first-order valence-electron chi connectivity index (χ1n) is 6.01. The van der Waals surface area contributed by atoms with E-state index in [9.17, 15) is 4.39 Å². The molecule has 0 atom stereocenters. The van der Waals surface area contributed by atoms with Gasteiger partial charge in [-0.1, -0.05) is 29.8 Å². The molecule has 0 amide bonds. The highest BCUT2D eigenvalue weighted by Gasteiger charge is 2.05. The second-order valence-corrected chi connectivity index (χ2v) is 5.08. The zero-order valence-corrected chi connectivity index (χ0v) is 11.5. The SMILES string of the molecule is CN(Cc1ccc(Cl)cc1)Cc1ccc(F)cc1N. The molecule has 0 aliphatic heterocycles. The number of rotatable bonds is 4. The normalized spacial score (nSPS) is 10.9. The van der Waals surface area contributed by atoms with Gasteiger partial charge in [0.2, 0.25) is 0 Å². The Balaban J connectivity index is 2.01. The molecule has 2 nitrogen and oxygen atoms in total. The lowest BCUT2D eigenvalue weighted by atomic mass is 10.1. The Morgan fingerprint density at radius 3 is 2.42 bits per heavy atom. The maximum atomic E-state index is 13.0. The van der Waals surface area contributed by atoms with Crippen molar-refractivity contribution in [2.45, 2.75) is 13.1 Å². The quantitative estimate of drug-likeness (QED) is 0.864. The summed E-state index contributed by atoms with van der Waals surface area (Å²) in [6, 6.07) is 12.2. The molecule has 0 bridgehead atoms. The van der Waals surface area contributed by atoms with Gasteiger partial charge >= 0.3 is 0 Å². The summed E-state index contributed by atoms with van der Waals surface area (Å²) in [6.07, 6.45) is 0. The van der Waals surface area contributed by atoms with Gasteiger partial charge in [0.05, 0.1) is 0 Å². The predicted octanol–water partition coefficient (Wildman–Crippen LogP) is 3.69. The van der Waals surface area contributed by atoms with Crippen LogP contribution in [0.15, 0.2) is 42.5 Å². The van der Waals surface area contributed by atoms with Crippen LogP contribution < -0.4 is 5.73 Å². The topological polar surface area (TPSA) is 29.3 Å². The summed E-state index contributed by atoms with van der Waals surface area (Å²) in [5, 5.41) is 0.731. The number of halogens is 2. The van der Waals surface area contributed by atoms with E-state index in [0.717, 1.165) is 17.1 Å². The Hall–Kier alpha value is -1.58. The van der Waals surface area contributed by atoms with Crippen LogP contribution in [0.2, 0.25) is 5.02 Å². The highest BCUT2D eigenvalue weighted by atomic mass is 35.5. The van der Waals surface area contributed by atoms with Crippen LogP contribution in [0.1, 0.15) is 11.1 Å². The Labute approximate surface area is 117 Å². The molecule has 0 spiro atoms. The zero-order chi connectivity index (χ0) is 13.8. The summed E-state index contributed by atoms with van der Waals surface area (Å²) in [4.78, 5) is 2.12. The summed E-state index contributed by atoms with van der Waals surface area (Å²) < 4.78 is 13.0. The van der Waals surface area contributed by atoms with Crippen LogP contribution in [0.25, 0.3) is 0 Å². The third-order valence-corrected chi connectivity index (χ3v) is 3.17. The number of anilines is 1. The van der Waals surface area contributed by atoms with E-state index in [1.54, 1.807) is 6.07 Å². The van der Waals surface area contributed by atoms with Crippen molar-refractivity contribution in [3.63, 3.8) is 0 Å². The first-order valence-corrected chi connectivity index (χ1v) is 6.39. The van der Waals surface area contributed by atoms with E-state index >= 15 is 0 Å². The van der Waals surface area contributed by atoms with Crippen LogP contribution >= 0.6 is 11.6 Å². The summed E-state index contributed by atoms with van der Waals surface area (Å²) >= 11 is 5.85. The van der Waals surface area contributed by atoms with Crippen LogP contribution in [0, 0.1) is 5.82 Å². The van der Waals surface area contributed by atoms with Crippen molar-refractivity contribution in [1.29, 1.82) is 0 Å². The van der Waals surface area contributed by atoms with E-state index in [1.807, 2.05) is 31.3 Å². The van der Waals surface area contributed by atoms with Gasteiger partial charge in [0.25, 0.3) is 0 Å². The second-order valence-electron chi connectivity index (χ2n) is 4.64. The first kappa shape index (κ1) is 13.8. The first-order chi connectivity index (χ1) is 9.04. The fraction of sp³-hybridized carbons (Fsp3) is 0.200. The van der Waals surface area contributed by atoms with Gasteiger partial charge in [0, 0.05) is 23.8 Å². The standard InChI is InChI=1S/C15H16ClFN2/c1-19(9-11-2-5-13(16)6-3-11)10-12-4-7-14(17)8-15(12)18/h2-8H,9-10,18H2,1H3. The minimum atomic E-state index is -0.304. The number of benzene rings is 2. The smallest absolute Gasteiger partial charge is 0.125 e. The second kappa shape index (κ2) is 6.04. The molecule has 0 aliphatic carbocycles. The molecule has 19 heavy (non-hydrogen) atoms. The highest BCUT2D eigenvalue weighted by Crippen LogP contribution is 2.17. The molecule has 0 heterocycles. The number of nitrogens with zero attached hydrogens (tertiary/aromatic N) is 1. The Morgan fingerprint density at radius 2 is 1.79 bits per heavy atom. The van der Waals surface area contributed by atoms with Crippen LogP contribution in [-0.4, -0.2) is 11.9 Å². The van der Waals surface area contributed by atoms with Gasteiger partial charge in [0.1, 0.15) is 5.82 Å².